The number of rotatable bonds is 6. The van der Waals surface area contributed by atoms with Crippen molar-refractivity contribution in [3.8, 4) is 0 Å². The summed E-state index contributed by atoms with van der Waals surface area (Å²) in [6.45, 7) is 4.16. The summed E-state index contributed by atoms with van der Waals surface area (Å²) in [5.74, 6) is 2.03. The van der Waals surface area contributed by atoms with Gasteiger partial charge in [-0.3, -0.25) is 9.79 Å². The van der Waals surface area contributed by atoms with Crippen LogP contribution in [0.4, 0.5) is 0 Å². The highest BCUT2D eigenvalue weighted by Gasteiger charge is 2.27. The predicted octanol–water partition coefficient (Wildman–Crippen LogP) is 2.93. The van der Waals surface area contributed by atoms with Crippen LogP contribution in [0, 0.1) is 0 Å². The van der Waals surface area contributed by atoms with Gasteiger partial charge < -0.3 is 20.0 Å². The van der Waals surface area contributed by atoms with Crippen molar-refractivity contribution >= 4 is 11.9 Å². The van der Waals surface area contributed by atoms with Crippen LogP contribution in [-0.4, -0.2) is 48.5 Å². The smallest absolute Gasteiger partial charge is 0.222 e. The molecule has 6 nitrogen and oxygen atoms in total. The largest absolute Gasteiger partial charge is 0.469 e. The van der Waals surface area contributed by atoms with Crippen LogP contribution in [0.5, 0.6) is 0 Å². The Labute approximate surface area is 178 Å². The number of carbonyl (C=O) groups is 1. The minimum Gasteiger partial charge on any atom is -0.469 e. The third-order valence-electron chi connectivity index (χ3n) is 6.08. The molecule has 30 heavy (non-hydrogen) atoms. The summed E-state index contributed by atoms with van der Waals surface area (Å²) in [5, 5.41) is 7.26. The summed E-state index contributed by atoms with van der Waals surface area (Å²) < 4.78 is 5.44. The molecule has 1 aliphatic heterocycles. The van der Waals surface area contributed by atoms with Crippen LogP contribution in [-0.2, 0) is 24.1 Å². The topological polar surface area (TPSA) is 69.9 Å². The first-order valence-electron chi connectivity index (χ1n) is 11.2. The summed E-state index contributed by atoms with van der Waals surface area (Å²) in [6, 6.07) is 13.2. The van der Waals surface area contributed by atoms with Crippen LogP contribution in [0.3, 0.4) is 0 Å². The third-order valence-corrected chi connectivity index (χ3v) is 6.08. The number of furan rings is 1. The third kappa shape index (κ3) is 5.23. The summed E-state index contributed by atoms with van der Waals surface area (Å²) in [4.78, 5) is 18.8. The molecule has 160 valence electrons. The SMILES string of the molecule is CCC(=O)N1CCC(NC(=NCCc2ccco2)NC2CCc3ccccc3C2)C1. The van der Waals surface area contributed by atoms with Gasteiger partial charge in [-0.2, -0.15) is 0 Å². The summed E-state index contributed by atoms with van der Waals surface area (Å²) >= 11 is 0. The maximum atomic E-state index is 12.0. The molecule has 0 radical (unpaired) electrons. The highest BCUT2D eigenvalue weighted by molar-refractivity contribution is 5.81. The number of amides is 1. The zero-order valence-electron chi connectivity index (χ0n) is 17.8. The van der Waals surface area contributed by atoms with E-state index in [1.54, 1.807) is 6.26 Å². The molecule has 1 saturated heterocycles. The lowest BCUT2D eigenvalue weighted by atomic mass is 9.88. The Bertz CT molecular complexity index is 862. The molecule has 2 atom stereocenters. The Morgan fingerprint density at radius 2 is 1.97 bits per heavy atom. The van der Waals surface area contributed by atoms with E-state index >= 15 is 0 Å². The molecular formula is C24H32N4O2. The molecule has 2 unspecified atom stereocenters. The number of hydrogen-bond acceptors (Lipinski definition) is 3. The second-order valence-electron chi connectivity index (χ2n) is 8.24. The molecule has 0 bridgehead atoms. The van der Waals surface area contributed by atoms with E-state index in [2.05, 4.69) is 34.9 Å². The average Bonchev–Trinajstić information content (AvgIpc) is 3.45. The number of nitrogens with one attached hydrogen (secondary N) is 2. The molecule has 2 heterocycles. The van der Waals surface area contributed by atoms with Crippen molar-refractivity contribution in [2.45, 2.75) is 57.5 Å². The van der Waals surface area contributed by atoms with Gasteiger partial charge in [-0.15, -0.1) is 0 Å². The summed E-state index contributed by atoms with van der Waals surface area (Å²) in [6.07, 6.45) is 7.21. The Kier molecular flexibility index (Phi) is 6.72. The van der Waals surface area contributed by atoms with E-state index in [1.807, 2.05) is 24.0 Å². The molecule has 1 fully saturated rings. The fourth-order valence-corrected chi connectivity index (χ4v) is 4.40. The molecule has 6 heteroatoms. The molecule has 0 saturated carbocycles. The van der Waals surface area contributed by atoms with E-state index < -0.39 is 0 Å². The molecular weight excluding hydrogens is 376 g/mol. The summed E-state index contributed by atoms with van der Waals surface area (Å²) in [7, 11) is 0. The van der Waals surface area contributed by atoms with Crippen molar-refractivity contribution in [1.29, 1.82) is 0 Å². The molecule has 2 aliphatic rings. The number of aliphatic imine (C=N–C) groups is 1. The molecule has 0 spiro atoms. The number of guanidine groups is 1. The van der Waals surface area contributed by atoms with Crippen molar-refractivity contribution in [3.05, 3.63) is 59.5 Å². The Morgan fingerprint density at radius 1 is 1.13 bits per heavy atom. The van der Waals surface area contributed by atoms with Crippen LogP contribution in [0.25, 0.3) is 0 Å². The number of fused-ring (bicyclic) bond motifs is 1. The van der Waals surface area contributed by atoms with Gasteiger partial charge in [0.1, 0.15) is 5.76 Å². The molecule has 1 amide bonds. The van der Waals surface area contributed by atoms with Gasteiger partial charge in [0.15, 0.2) is 5.96 Å². The first kappa shape index (κ1) is 20.5. The van der Waals surface area contributed by atoms with Crippen molar-refractivity contribution in [2.24, 2.45) is 4.99 Å². The van der Waals surface area contributed by atoms with Crippen molar-refractivity contribution in [3.63, 3.8) is 0 Å². The van der Waals surface area contributed by atoms with E-state index in [0.29, 0.717) is 19.0 Å². The quantitative estimate of drug-likeness (QED) is 0.570. The number of carbonyl (C=O) groups excluding carboxylic acids is 1. The van der Waals surface area contributed by atoms with Gasteiger partial charge in [0.05, 0.1) is 6.26 Å². The lowest BCUT2D eigenvalue weighted by molar-refractivity contribution is -0.129. The van der Waals surface area contributed by atoms with Gasteiger partial charge >= 0.3 is 0 Å². The fourth-order valence-electron chi connectivity index (χ4n) is 4.40. The predicted molar refractivity (Wildman–Crippen MR) is 119 cm³/mol. The van der Waals surface area contributed by atoms with Gasteiger partial charge in [0.2, 0.25) is 5.91 Å². The second kappa shape index (κ2) is 9.83. The Hall–Kier alpha value is -2.76. The zero-order valence-corrected chi connectivity index (χ0v) is 17.8. The zero-order chi connectivity index (χ0) is 20.8. The maximum Gasteiger partial charge on any atom is 0.222 e. The number of benzene rings is 1. The highest BCUT2D eigenvalue weighted by Crippen LogP contribution is 2.21. The lowest BCUT2D eigenvalue weighted by Crippen LogP contribution is -2.50. The highest BCUT2D eigenvalue weighted by atomic mass is 16.3. The standard InChI is InChI=1S/C24H32N4O2/c1-2-23(29)28-14-12-21(17-28)27-24(25-13-11-22-8-5-15-30-22)26-20-10-9-18-6-3-4-7-19(18)16-20/h3-8,15,20-21H,2,9-14,16-17H2,1H3,(H2,25,26,27). The molecule has 4 rings (SSSR count). The Morgan fingerprint density at radius 3 is 2.77 bits per heavy atom. The van der Waals surface area contributed by atoms with Crippen LogP contribution < -0.4 is 10.6 Å². The first-order chi connectivity index (χ1) is 14.7. The summed E-state index contributed by atoms with van der Waals surface area (Å²) in [5.41, 5.74) is 2.89. The number of likely N-dealkylation sites (tertiary alicyclic amines) is 1. The minimum absolute atomic E-state index is 0.229. The monoisotopic (exact) mass is 408 g/mol. The molecule has 1 aromatic heterocycles. The van der Waals surface area contributed by atoms with Crippen LogP contribution in [0.1, 0.15) is 43.1 Å². The molecule has 2 aromatic rings. The normalized spacial score (nSPS) is 21.4. The average molecular weight is 409 g/mol. The van der Waals surface area contributed by atoms with Gasteiger partial charge in [0.25, 0.3) is 0 Å². The van der Waals surface area contributed by atoms with E-state index in [1.165, 1.54) is 11.1 Å². The number of hydrogen-bond donors (Lipinski definition) is 2. The van der Waals surface area contributed by atoms with Crippen molar-refractivity contribution < 1.29 is 9.21 Å². The van der Waals surface area contributed by atoms with E-state index in [9.17, 15) is 4.79 Å². The molecule has 1 aliphatic carbocycles. The molecule has 2 N–H and O–H groups in total. The van der Waals surface area contributed by atoms with Gasteiger partial charge in [-0.1, -0.05) is 31.2 Å². The fraction of sp³-hybridized carbons (Fsp3) is 0.500. The van der Waals surface area contributed by atoms with Crippen LogP contribution >= 0.6 is 0 Å². The number of aryl methyl sites for hydroxylation is 1. The molecule has 1 aromatic carbocycles. The van der Waals surface area contributed by atoms with Gasteiger partial charge in [-0.25, -0.2) is 0 Å². The van der Waals surface area contributed by atoms with Crippen LogP contribution in [0.15, 0.2) is 52.1 Å². The van der Waals surface area contributed by atoms with E-state index in [0.717, 1.165) is 56.9 Å². The number of nitrogens with zero attached hydrogens (tertiary/aromatic N) is 2. The maximum absolute atomic E-state index is 12.0. The van der Waals surface area contributed by atoms with Gasteiger partial charge in [-0.05, 0) is 48.9 Å². The Balaban J connectivity index is 1.39. The van der Waals surface area contributed by atoms with Crippen molar-refractivity contribution in [1.82, 2.24) is 15.5 Å². The lowest BCUT2D eigenvalue weighted by Gasteiger charge is -2.28. The first-order valence-corrected chi connectivity index (χ1v) is 11.2. The minimum atomic E-state index is 0.229. The van der Waals surface area contributed by atoms with Crippen molar-refractivity contribution in [2.75, 3.05) is 19.6 Å². The van der Waals surface area contributed by atoms with Crippen LogP contribution in [0.2, 0.25) is 0 Å². The van der Waals surface area contributed by atoms with Gasteiger partial charge in [0, 0.05) is 44.6 Å². The van der Waals surface area contributed by atoms with E-state index in [-0.39, 0.29) is 11.9 Å². The second-order valence-corrected chi connectivity index (χ2v) is 8.24. The van der Waals surface area contributed by atoms with E-state index in [4.69, 9.17) is 9.41 Å².